The predicted molar refractivity (Wildman–Crippen MR) is 44.5 cm³/mol. The Bertz CT molecular complexity index is 168. The second-order valence-electron chi connectivity index (χ2n) is 2.61. The zero-order chi connectivity index (χ0) is 9.40. The fourth-order valence-electron chi connectivity index (χ4n) is 1.06. The molecule has 4 nitrogen and oxygen atoms in total. The molecule has 68 valence electrons. The predicted octanol–water partition coefficient (Wildman–Crippen LogP) is 0.600. The van der Waals surface area contributed by atoms with Gasteiger partial charge in [0, 0.05) is 13.5 Å². The zero-order valence-electron chi connectivity index (χ0n) is 7.21. The van der Waals surface area contributed by atoms with E-state index < -0.39 is 5.97 Å². The van der Waals surface area contributed by atoms with E-state index in [-0.39, 0.29) is 5.92 Å². The topological polar surface area (TPSA) is 73.1 Å². The van der Waals surface area contributed by atoms with Gasteiger partial charge in [-0.15, -0.1) is 0 Å². The van der Waals surface area contributed by atoms with E-state index in [0.717, 1.165) is 19.4 Å². The Morgan fingerprint density at radius 1 is 1.75 bits per heavy atom. The van der Waals surface area contributed by atoms with Crippen molar-refractivity contribution < 1.29 is 9.90 Å². The van der Waals surface area contributed by atoms with Crippen molar-refractivity contribution in [3.8, 4) is 6.07 Å². The van der Waals surface area contributed by atoms with Crippen molar-refractivity contribution in [1.29, 1.82) is 5.26 Å². The molecule has 0 aliphatic carbocycles. The molecule has 0 bridgehead atoms. The number of carbonyl (C=O) groups is 1. The molecule has 0 aromatic carbocycles. The van der Waals surface area contributed by atoms with Crippen molar-refractivity contribution in [2.75, 3.05) is 13.1 Å². The number of hydrogen-bond donors (Lipinski definition) is 2. The minimum Gasteiger partial charge on any atom is -0.481 e. The molecular formula is C8H14N2O2. The maximum atomic E-state index is 10.3. The third-order valence-corrected chi connectivity index (χ3v) is 1.65. The normalized spacial score (nSPS) is 21.5. The molecule has 0 aromatic rings. The summed E-state index contributed by atoms with van der Waals surface area (Å²) in [6, 6.07) is 1.75. The van der Waals surface area contributed by atoms with Crippen molar-refractivity contribution in [2.24, 2.45) is 5.92 Å². The van der Waals surface area contributed by atoms with E-state index in [1.807, 2.05) is 0 Å². The van der Waals surface area contributed by atoms with Crippen LogP contribution in [0.2, 0.25) is 0 Å². The second kappa shape index (κ2) is 6.62. The second-order valence-corrected chi connectivity index (χ2v) is 2.61. The lowest BCUT2D eigenvalue weighted by molar-refractivity contribution is -0.142. The highest BCUT2D eigenvalue weighted by Crippen LogP contribution is 2.08. The maximum absolute atomic E-state index is 10.3. The average Bonchev–Trinajstić information content (AvgIpc) is 2.07. The van der Waals surface area contributed by atoms with Gasteiger partial charge in [0.25, 0.3) is 0 Å². The van der Waals surface area contributed by atoms with Crippen LogP contribution in [-0.4, -0.2) is 24.2 Å². The van der Waals surface area contributed by atoms with Crippen molar-refractivity contribution in [1.82, 2.24) is 5.32 Å². The lowest BCUT2D eigenvalue weighted by Crippen LogP contribution is -2.34. The van der Waals surface area contributed by atoms with E-state index in [2.05, 4.69) is 5.32 Å². The molecule has 1 heterocycles. The summed E-state index contributed by atoms with van der Waals surface area (Å²) in [5, 5.41) is 18.9. The molecule has 2 N–H and O–H groups in total. The SMILES string of the molecule is CC#N.O=C(O)C1CCCNC1. The largest absolute Gasteiger partial charge is 0.481 e. The first kappa shape index (κ1) is 10.9. The third-order valence-electron chi connectivity index (χ3n) is 1.65. The fourth-order valence-corrected chi connectivity index (χ4v) is 1.06. The van der Waals surface area contributed by atoms with Crippen LogP contribution in [0, 0.1) is 17.2 Å². The Labute approximate surface area is 72.2 Å². The molecule has 0 aromatic heterocycles. The number of aliphatic carboxylic acids is 1. The minimum atomic E-state index is -0.665. The van der Waals surface area contributed by atoms with Gasteiger partial charge in [-0.25, -0.2) is 0 Å². The summed E-state index contributed by atoms with van der Waals surface area (Å²) >= 11 is 0. The standard InChI is InChI=1S/C6H11NO2.C2H3N/c8-6(9)5-2-1-3-7-4-5;1-2-3/h5,7H,1-4H2,(H,8,9);1H3. The zero-order valence-corrected chi connectivity index (χ0v) is 7.21. The van der Waals surface area contributed by atoms with E-state index in [4.69, 9.17) is 10.4 Å². The number of rotatable bonds is 1. The monoisotopic (exact) mass is 170 g/mol. The summed E-state index contributed by atoms with van der Waals surface area (Å²) in [5.41, 5.74) is 0. The number of carboxylic acids is 1. The smallest absolute Gasteiger partial charge is 0.307 e. The van der Waals surface area contributed by atoms with Crippen molar-refractivity contribution in [3.05, 3.63) is 0 Å². The molecular weight excluding hydrogens is 156 g/mol. The molecule has 1 atom stereocenters. The molecule has 1 aliphatic rings. The first-order valence-electron chi connectivity index (χ1n) is 3.96. The van der Waals surface area contributed by atoms with E-state index in [9.17, 15) is 4.79 Å². The van der Waals surface area contributed by atoms with Crippen LogP contribution in [0.3, 0.4) is 0 Å². The first-order valence-corrected chi connectivity index (χ1v) is 3.96. The van der Waals surface area contributed by atoms with Gasteiger partial charge in [-0.05, 0) is 19.4 Å². The van der Waals surface area contributed by atoms with Crippen LogP contribution in [0.15, 0.2) is 0 Å². The summed E-state index contributed by atoms with van der Waals surface area (Å²) in [4.78, 5) is 10.3. The van der Waals surface area contributed by atoms with Gasteiger partial charge in [-0.3, -0.25) is 4.79 Å². The van der Waals surface area contributed by atoms with Gasteiger partial charge in [0.2, 0.25) is 0 Å². The van der Waals surface area contributed by atoms with Crippen LogP contribution in [0.4, 0.5) is 0 Å². The molecule has 1 saturated heterocycles. The summed E-state index contributed by atoms with van der Waals surface area (Å²) in [6.45, 7) is 3.05. The van der Waals surface area contributed by atoms with Crippen LogP contribution in [-0.2, 0) is 4.79 Å². The van der Waals surface area contributed by atoms with Gasteiger partial charge in [0.1, 0.15) is 0 Å². The Morgan fingerprint density at radius 2 is 2.33 bits per heavy atom. The Morgan fingerprint density at radius 3 is 2.58 bits per heavy atom. The Hall–Kier alpha value is -1.08. The van der Waals surface area contributed by atoms with Crippen LogP contribution in [0.25, 0.3) is 0 Å². The number of nitrogens with zero attached hydrogens (tertiary/aromatic N) is 1. The van der Waals surface area contributed by atoms with Crippen LogP contribution in [0.5, 0.6) is 0 Å². The van der Waals surface area contributed by atoms with Gasteiger partial charge in [-0.2, -0.15) is 5.26 Å². The average molecular weight is 170 g/mol. The molecule has 0 amide bonds. The van der Waals surface area contributed by atoms with Gasteiger partial charge in [-0.1, -0.05) is 0 Å². The molecule has 1 unspecified atom stereocenters. The van der Waals surface area contributed by atoms with E-state index in [1.54, 1.807) is 6.07 Å². The Kier molecular flexibility index (Phi) is 6.02. The summed E-state index contributed by atoms with van der Waals surface area (Å²) in [7, 11) is 0. The molecule has 12 heavy (non-hydrogen) atoms. The number of piperidine rings is 1. The molecule has 0 radical (unpaired) electrons. The molecule has 0 saturated carbocycles. The lowest BCUT2D eigenvalue weighted by atomic mass is 10.0. The molecule has 1 fully saturated rings. The Balaban J connectivity index is 0.000000354. The van der Waals surface area contributed by atoms with Crippen molar-refractivity contribution >= 4 is 5.97 Å². The van der Waals surface area contributed by atoms with Crippen molar-refractivity contribution in [2.45, 2.75) is 19.8 Å². The molecule has 1 rings (SSSR count). The van der Waals surface area contributed by atoms with E-state index in [1.165, 1.54) is 6.92 Å². The first-order chi connectivity index (χ1) is 5.72. The van der Waals surface area contributed by atoms with Crippen LogP contribution < -0.4 is 5.32 Å². The lowest BCUT2D eigenvalue weighted by Gasteiger charge is -2.18. The summed E-state index contributed by atoms with van der Waals surface area (Å²) in [5.74, 6) is -0.805. The minimum absolute atomic E-state index is 0.140. The molecule has 4 heteroatoms. The van der Waals surface area contributed by atoms with Crippen molar-refractivity contribution in [3.63, 3.8) is 0 Å². The van der Waals surface area contributed by atoms with Gasteiger partial charge >= 0.3 is 5.97 Å². The highest BCUT2D eigenvalue weighted by Gasteiger charge is 2.18. The number of nitriles is 1. The maximum Gasteiger partial charge on any atom is 0.307 e. The number of nitrogens with one attached hydrogen (secondary N) is 1. The number of hydrogen-bond acceptors (Lipinski definition) is 3. The van der Waals surface area contributed by atoms with Crippen LogP contribution in [0.1, 0.15) is 19.8 Å². The molecule has 1 aliphatic heterocycles. The fraction of sp³-hybridized carbons (Fsp3) is 0.750. The van der Waals surface area contributed by atoms with Gasteiger partial charge in [0.15, 0.2) is 0 Å². The summed E-state index contributed by atoms with van der Waals surface area (Å²) in [6.07, 6.45) is 1.83. The van der Waals surface area contributed by atoms with Gasteiger partial charge in [0.05, 0.1) is 12.0 Å². The highest BCUT2D eigenvalue weighted by atomic mass is 16.4. The van der Waals surface area contributed by atoms with Crippen LogP contribution >= 0.6 is 0 Å². The quantitative estimate of drug-likeness (QED) is 0.604. The third kappa shape index (κ3) is 4.69. The van der Waals surface area contributed by atoms with Gasteiger partial charge < -0.3 is 10.4 Å². The molecule has 0 spiro atoms. The highest BCUT2D eigenvalue weighted by molar-refractivity contribution is 5.70. The summed E-state index contributed by atoms with van der Waals surface area (Å²) < 4.78 is 0. The number of carboxylic acid groups (broad SMARTS) is 1. The van der Waals surface area contributed by atoms with E-state index >= 15 is 0 Å². The van der Waals surface area contributed by atoms with E-state index in [0.29, 0.717) is 6.54 Å².